The molecule has 1 aliphatic rings. The molecule has 1 aliphatic heterocycles. The van der Waals surface area contributed by atoms with E-state index in [-0.39, 0.29) is 6.04 Å². The Hall–Kier alpha value is -2.30. The molecule has 0 aliphatic carbocycles. The van der Waals surface area contributed by atoms with E-state index < -0.39 is 0 Å². The van der Waals surface area contributed by atoms with Crippen molar-refractivity contribution in [3.63, 3.8) is 0 Å². The molecule has 1 aromatic carbocycles. The fourth-order valence-corrected chi connectivity index (χ4v) is 3.26. The molecule has 0 saturated carbocycles. The fourth-order valence-electron chi connectivity index (χ4n) is 3.26. The van der Waals surface area contributed by atoms with E-state index in [1.165, 1.54) is 5.56 Å². The van der Waals surface area contributed by atoms with Crippen molar-refractivity contribution in [2.24, 2.45) is 0 Å². The maximum Gasteiger partial charge on any atom is 0.298 e. The number of nitrogens with one attached hydrogen (secondary N) is 1. The number of hydrogen-bond donors (Lipinski definition) is 1. The lowest BCUT2D eigenvalue weighted by Gasteiger charge is -2.21. The molecule has 1 atom stereocenters. The van der Waals surface area contributed by atoms with Crippen molar-refractivity contribution in [3.05, 3.63) is 41.2 Å². The largest absolute Gasteiger partial charge is 0.423 e. The second kappa shape index (κ2) is 4.62. The quantitative estimate of drug-likeness (QED) is 0.781. The molecule has 3 heterocycles. The molecule has 1 fully saturated rings. The van der Waals surface area contributed by atoms with Crippen LogP contribution in [-0.2, 0) is 0 Å². The van der Waals surface area contributed by atoms with Crippen LogP contribution in [0.4, 0.5) is 6.01 Å². The van der Waals surface area contributed by atoms with Crippen molar-refractivity contribution in [2.45, 2.75) is 32.7 Å². The Balaban J connectivity index is 1.77. The lowest BCUT2D eigenvalue weighted by atomic mass is 10.1. The Morgan fingerprint density at radius 3 is 3.05 bits per heavy atom. The highest BCUT2D eigenvalue weighted by atomic mass is 16.4. The number of H-pyrrole nitrogens is 1. The van der Waals surface area contributed by atoms with E-state index in [4.69, 9.17) is 9.40 Å². The Bertz CT molecular complexity index is 775. The van der Waals surface area contributed by atoms with Crippen LogP contribution in [0.5, 0.6) is 0 Å². The lowest BCUT2D eigenvalue weighted by molar-refractivity contribution is 0.551. The summed E-state index contributed by atoms with van der Waals surface area (Å²) in [6, 6.07) is 7.24. The van der Waals surface area contributed by atoms with E-state index in [2.05, 4.69) is 41.1 Å². The van der Waals surface area contributed by atoms with Gasteiger partial charge in [-0.25, -0.2) is 0 Å². The van der Waals surface area contributed by atoms with Crippen molar-refractivity contribution in [1.82, 2.24) is 15.2 Å². The van der Waals surface area contributed by atoms with Crippen LogP contribution in [0, 0.1) is 13.8 Å². The lowest BCUT2D eigenvalue weighted by Crippen LogP contribution is -2.23. The van der Waals surface area contributed by atoms with Crippen molar-refractivity contribution in [1.29, 1.82) is 0 Å². The van der Waals surface area contributed by atoms with Crippen LogP contribution >= 0.6 is 0 Å². The molecule has 2 aromatic heterocycles. The number of anilines is 1. The van der Waals surface area contributed by atoms with Gasteiger partial charge in [0, 0.05) is 12.7 Å². The topological polar surface area (TPSA) is 58.0 Å². The number of nitrogens with zero attached hydrogens (tertiary/aromatic N) is 3. The fraction of sp³-hybridized carbons (Fsp3) is 0.375. The molecule has 1 N–H and O–H groups in total. The molecule has 3 aromatic rings. The van der Waals surface area contributed by atoms with E-state index in [0.29, 0.717) is 0 Å². The summed E-state index contributed by atoms with van der Waals surface area (Å²) in [5.41, 5.74) is 5.32. The van der Waals surface area contributed by atoms with Crippen LogP contribution in [0.15, 0.2) is 28.8 Å². The van der Waals surface area contributed by atoms with Crippen LogP contribution < -0.4 is 4.90 Å². The molecule has 0 amide bonds. The predicted octanol–water partition coefficient (Wildman–Crippen LogP) is 3.51. The van der Waals surface area contributed by atoms with Gasteiger partial charge in [-0.1, -0.05) is 6.07 Å². The molecule has 1 unspecified atom stereocenters. The van der Waals surface area contributed by atoms with Gasteiger partial charge in [0.15, 0.2) is 5.58 Å². The standard InChI is InChI=1S/C16H18N4O/c1-10-8-11(2)15-13(9-10)18-16(21-15)20-7-3-4-14(20)12-5-6-17-19-12/h5-6,8-9,14H,3-4,7H2,1-2H3,(H,17,19). The Labute approximate surface area is 123 Å². The molecule has 1 saturated heterocycles. The van der Waals surface area contributed by atoms with Gasteiger partial charge < -0.3 is 9.32 Å². The first-order chi connectivity index (χ1) is 10.2. The molecule has 0 spiro atoms. The number of aromatic nitrogens is 3. The summed E-state index contributed by atoms with van der Waals surface area (Å²) in [6.45, 7) is 5.12. The van der Waals surface area contributed by atoms with E-state index in [1.807, 2.05) is 6.07 Å². The SMILES string of the molecule is Cc1cc(C)c2oc(N3CCCC3c3ccn[nH]3)nc2c1. The van der Waals surface area contributed by atoms with Crippen molar-refractivity contribution < 1.29 is 4.42 Å². The average Bonchev–Trinajstić information content (AvgIpc) is 3.17. The molecule has 21 heavy (non-hydrogen) atoms. The van der Waals surface area contributed by atoms with E-state index in [1.54, 1.807) is 6.20 Å². The first-order valence-corrected chi connectivity index (χ1v) is 7.36. The zero-order chi connectivity index (χ0) is 14.4. The zero-order valence-electron chi connectivity index (χ0n) is 12.3. The van der Waals surface area contributed by atoms with Gasteiger partial charge in [-0.05, 0) is 49.9 Å². The third-order valence-electron chi connectivity index (χ3n) is 4.19. The molecule has 4 rings (SSSR count). The van der Waals surface area contributed by atoms with Gasteiger partial charge in [0.25, 0.3) is 6.01 Å². The number of rotatable bonds is 2. The van der Waals surface area contributed by atoms with E-state index in [0.717, 1.165) is 47.8 Å². The minimum absolute atomic E-state index is 0.280. The van der Waals surface area contributed by atoms with Crippen LogP contribution in [-0.4, -0.2) is 21.7 Å². The van der Waals surface area contributed by atoms with Gasteiger partial charge in [-0.15, -0.1) is 0 Å². The predicted molar refractivity (Wildman–Crippen MR) is 81.4 cm³/mol. The van der Waals surface area contributed by atoms with Gasteiger partial charge >= 0.3 is 0 Å². The molecule has 5 nitrogen and oxygen atoms in total. The molecule has 0 bridgehead atoms. The maximum atomic E-state index is 6.05. The number of aryl methyl sites for hydroxylation is 2. The van der Waals surface area contributed by atoms with E-state index in [9.17, 15) is 0 Å². The Morgan fingerprint density at radius 1 is 1.33 bits per heavy atom. The van der Waals surface area contributed by atoms with Gasteiger partial charge in [0.05, 0.1) is 11.7 Å². The first kappa shape index (κ1) is 12.4. The molecule has 108 valence electrons. The van der Waals surface area contributed by atoms with Crippen LogP contribution in [0.2, 0.25) is 0 Å². The van der Waals surface area contributed by atoms with Crippen LogP contribution in [0.25, 0.3) is 11.1 Å². The summed E-state index contributed by atoms with van der Waals surface area (Å²) in [7, 11) is 0. The smallest absolute Gasteiger partial charge is 0.298 e. The van der Waals surface area contributed by atoms with E-state index >= 15 is 0 Å². The van der Waals surface area contributed by atoms with Crippen molar-refractivity contribution in [3.8, 4) is 0 Å². The summed E-state index contributed by atoms with van der Waals surface area (Å²) in [5.74, 6) is 0. The Morgan fingerprint density at radius 2 is 2.24 bits per heavy atom. The van der Waals surface area contributed by atoms with Crippen molar-refractivity contribution >= 4 is 17.1 Å². The maximum absolute atomic E-state index is 6.05. The number of fused-ring (bicyclic) bond motifs is 1. The minimum Gasteiger partial charge on any atom is -0.423 e. The third-order valence-corrected chi connectivity index (χ3v) is 4.19. The monoisotopic (exact) mass is 282 g/mol. The number of benzene rings is 1. The highest BCUT2D eigenvalue weighted by molar-refractivity contribution is 5.79. The number of hydrogen-bond acceptors (Lipinski definition) is 4. The number of aromatic amines is 1. The van der Waals surface area contributed by atoms with Crippen LogP contribution in [0.1, 0.15) is 35.7 Å². The molecule has 0 radical (unpaired) electrons. The van der Waals surface area contributed by atoms with Gasteiger partial charge in [-0.2, -0.15) is 10.1 Å². The van der Waals surface area contributed by atoms with Gasteiger partial charge in [0.1, 0.15) is 5.52 Å². The number of oxazole rings is 1. The van der Waals surface area contributed by atoms with Crippen molar-refractivity contribution in [2.75, 3.05) is 11.4 Å². The summed E-state index contributed by atoms with van der Waals surface area (Å²) in [4.78, 5) is 6.94. The zero-order valence-corrected chi connectivity index (χ0v) is 12.3. The Kier molecular flexibility index (Phi) is 2.74. The highest BCUT2D eigenvalue weighted by Crippen LogP contribution is 2.36. The highest BCUT2D eigenvalue weighted by Gasteiger charge is 2.30. The second-order valence-corrected chi connectivity index (χ2v) is 5.79. The first-order valence-electron chi connectivity index (χ1n) is 7.36. The molecular formula is C16H18N4O. The van der Waals surface area contributed by atoms with Crippen LogP contribution in [0.3, 0.4) is 0 Å². The summed E-state index contributed by atoms with van der Waals surface area (Å²) >= 11 is 0. The normalized spacial score (nSPS) is 18.8. The second-order valence-electron chi connectivity index (χ2n) is 5.79. The molecular weight excluding hydrogens is 264 g/mol. The summed E-state index contributed by atoms with van der Waals surface area (Å²) in [5, 5.41) is 7.13. The van der Waals surface area contributed by atoms with Gasteiger partial charge in [0.2, 0.25) is 0 Å². The molecule has 5 heteroatoms. The summed E-state index contributed by atoms with van der Waals surface area (Å²) < 4.78 is 6.05. The summed E-state index contributed by atoms with van der Waals surface area (Å²) in [6.07, 6.45) is 4.03. The third kappa shape index (κ3) is 2.00. The minimum atomic E-state index is 0.280. The average molecular weight is 282 g/mol. The van der Waals surface area contributed by atoms with Gasteiger partial charge in [-0.3, -0.25) is 5.10 Å².